The Balaban J connectivity index is 1.83. The number of anilines is 2. The molecular formula is C23H27N5O7S. The molecule has 192 valence electrons. The Morgan fingerprint density at radius 2 is 1.86 bits per heavy atom. The summed E-state index contributed by atoms with van der Waals surface area (Å²) in [5, 5.41) is 9.17. The Morgan fingerprint density at radius 3 is 2.53 bits per heavy atom. The van der Waals surface area contributed by atoms with E-state index >= 15 is 0 Å². The highest BCUT2D eigenvalue weighted by Crippen LogP contribution is 2.41. The maximum Gasteiger partial charge on any atom is 0.280 e. The summed E-state index contributed by atoms with van der Waals surface area (Å²) in [5.74, 6) is 0.588. The number of aromatic nitrogens is 3. The first-order valence-electron chi connectivity index (χ1n) is 11.2. The summed E-state index contributed by atoms with van der Waals surface area (Å²) >= 11 is 0. The molecule has 1 aliphatic rings. The average Bonchev–Trinajstić information content (AvgIpc) is 2.89. The predicted molar refractivity (Wildman–Crippen MR) is 130 cm³/mol. The molecule has 0 aliphatic carbocycles. The Hall–Kier alpha value is -3.68. The number of rotatable bonds is 10. The Bertz CT molecular complexity index is 1280. The van der Waals surface area contributed by atoms with Gasteiger partial charge in [0, 0.05) is 19.3 Å². The molecule has 13 heteroatoms. The topological polar surface area (TPSA) is 145 Å². The van der Waals surface area contributed by atoms with Gasteiger partial charge in [-0.1, -0.05) is 18.2 Å². The third kappa shape index (κ3) is 5.93. The number of para-hydroxylation sites is 2. The van der Waals surface area contributed by atoms with E-state index in [1.165, 1.54) is 19.4 Å². The number of hydrogen-bond donors (Lipinski definition) is 2. The number of aliphatic hydroxyl groups is 1. The molecule has 36 heavy (non-hydrogen) atoms. The van der Waals surface area contributed by atoms with E-state index in [2.05, 4.69) is 19.7 Å². The zero-order valence-electron chi connectivity index (χ0n) is 19.9. The van der Waals surface area contributed by atoms with Gasteiger partial charge in [0.1, 0.15) is 6.61 Å². The number of ether oxygens (including phenoxy) is 4. The van der Waals surface area contributed by atoms with Crippen LogP contribution in [0.4, 0.5) is 11.8 Å². The monoisotopic (exact) mass is 517 g/mol. The van der Waals surface area contributed by atoms with E-state index < -0.39 is 10.0 Å². The maximum absolute atomic E-state index is 13.2. The van der Waals surface area contributed by atoms with Gasteiger partial charge in [0.15, 0.2) is 22.3 Å². The van der Waals surface area contributed by atoms with Crippen molar-refractivity contribution in [3.63, 3.8) is 0 Å². The molecule has 3 heterocycles. The standard InChI is InChI=1S/C23H27N5O7S/c1-16-7-8-19(24-15-16)36(30,31)27-21-20(35-18-6-4-3-5-17(18)32-2)22(34-14-11-29)26-23(25-21)28-9-12-33-13-10-28/h3-8,15,29H,9-14H2,1-2H3,(H,25,26,27). The molecule has 3 aromatic rings. The van der Waals surface area contributed by atoms with Crippen molar-refractivity contribution in [1.82, 2.24) is 15.0 Å². The van der Waals surface area contributed by atoms with Crippen LogP contribution >= 0.6 is 0 Å². The van der Waals surface area contributed by atoms with E-state index in [1.807, 2.05) is 4.90 Å². The molecule has 2 aromatic heterocycles. The Labute approximate surface area is 208 Å². The molecule has 4 rings (SSSR count). The lowest BCUT2D eigenvalue weighted by molar-refractivity contribution is 0.122. The van der Waals surface area contributed by atoms with Crippen LogP contribution in [0.3, 0.4) is 0 Å². The van der Waals surface area contributed by atoms with Gasteiger partial charge >= 0.3 is 0 Å². The molecule has 1 fully saturated rings. The molecule has 12 nitrogen and oxygen atoms in total. The van der Waals surface area contributed by atoms with Crippen molar-refractivity contribution in [3.8, 4) is 23.1 Å². The van der Waals surface area contributed by atoms with Gasteiger partial charge in [-0.15, -0.1) is 0 Å². The second-order valence-corrected chi connectivity index (χ2v) is 9.34. The normalized spacial score (nSPS) is 13.8. The Kier molecular flexibility index (Phi) is 8.03. The minimum atomic E-state index is -4.16. The number of methoxy groups -OCH3 is 1. The largest absolute Gasteiger partial charge is 0.493 e. The minimum Gasteiger partial charge on any atom is -0.493 e. The number of morpholine rings is 1. The highest BCUT2D eigenvalue weighted by Gasteiger charge is 2.27. The van der Waals surface area contributed by atoms with Crippen LogP contribution in [0.15, 0.2) is 47.6 Å². The zero-order chi connectivity index (χ0) is 25.5. The third-order valence-corrected chi connectivity index (χ3v) is 6.37. The Morgan fingerprint density at radius 1 is 1.11 bits per heavy atom. The number of nitrogens with one attached hydrogen (secondary N) is 1. The summed E-state index contributed by atoms with van der Waals surface area (Å²) in [6.07, 6.45) is 1.45. The number of pyridine rings is 1. The highest BCUT2D eigenvalue weighted by atomic mass is 32.2. The second kappa shape index (κ2) is 11.4. The number of benzene rings is 1. The van der Waals surface area contributed by atoms with Crippen LogP contribution < -0.4 is 23.8 Å². The van der Waals surface area contributed by atoms with Crippen LogP contribution in [0.2, 0.25) is 0 Å². The quantitative estimate of drug-likeness (QED) is 0.407. The van der Waals surface area contributed by atoms with Crippen LogP contribution in [0.5, 0.6) is 23.1 Å². The first-order valence-corrected chi connectivity index (χ1v) is 12.6. The van der Waals surface area contributed by atoms with E-state index in [4.69, 9.17) is 18.9 Å². The summed E-state index contributed by atoms with van der Waals surface area (Å²) in [5.41, 5.74) is 0.811. The number of aryl methyl sites for hydroxylation is 1. The van der Waals surface area contributed by atoms with Crippen molar-refractivity contribution in [1.29, 1.82) is 0 Å². The lowest BCUT2D eigenvalue weighted by Crippen LogP contribution is -2.37. The molecule has 0 atom stereocenters. The van der Waals surface area contributed by atoms with Crippen molar-refractivity contribution in [3.05, 3.63) is 48.2 Å². The second-order valence-electron chi connectivity index (χ2n) is 7.71. The fourth-order valence-corrected chi connectivity index (χ4v) is 4.27. The molecule has 0 radical (unpaired) electrons. The number of nitrogens with zero attached hydrogens (tertiary/aromatic N) is 4. The van der Waals surface area contributed by atoms with Crippen LogP contribution in [-0.4, -0.2) is 75.1 Å². The highest BCUT2D eigenvalue weighted by molar-refractivity contribution is 7.92. The van der Waals surface area contributed by atoms with E-state index in [0.717, 1.165) is 5.56 Å². The van der Waals surface area contributed by atoms with Gasteiger partial charge < -0.3 is 29.0 Å². The first kappa shape index (κ1) is 25.4. The van der Waals surface area contributed by atoms with E-state index in [0.29, 0.717) is 32.1 Å². The molecule has 0 amide bonds. The van der Waals surface area contributed by atoms with Crippen molar-refractivity contribution in [2.45, 2.75) is 11.9 Å². The minimum absolute atomic E-state index is 0.0546. The summed E-state index contributed by atoms with van der Waals surface area (Å²) < 4.78 is 51.4. The number of aliphatic hydroxyl groups excluding tert-OH is 1. The van der Waals surface area contributed by atoms with Gasteiger partial charge in [-0.2, -0.15) is 18.4 Å². The van der Waals surface area contributed by atoms with Crippen LogP contribution in [0, 0.1) is 6.92 Å². The average molecular weight is 518 g/mol. The zero-order valence-corrected chi connectivity index (χ0v) is 20.7. The molecule has 0 bridgehead atoms. The lowest BCUT2D eigenvalue weighted by atomic mass is 10.3. The number of sulfonamides is 1. The van der Waals surface area contributed by atoms with Crippen LogP contribution in [0.1, 0.15) is 5.56 Å². The van der Waals surface area contributed by atoms with E-state index in [1.54, 1.807) is 37.3 Å². The van der Waals surface area contributed by atoms with Gasteiger partial charge in [0.2, 0.25) is 11.7 Å². The van der Waals surface area contributed by atoms with Crippen molar-refractivity contribution in [2.24, 2.45) is 0 Å². The fraction of sp³-hybridized carbons (Fsp3) is 0.348. The van der Waals surface area contributed by atoms with Crippen molar-refractivity contribution in [2.75, 3.05) is 56.2 Å². The fourth-order valence-electron chi connectivity index (χ4n) is 3.33. The summed E-state index contributed by atoms with van der Waals surface area (Å²) in [6, 6.07) is 9.86. The van der Waals surface area contributed by atoms with E-state index in [9.17, 15) is 13.5 Å². The molecule has 2 N–H and O–H groups in total. The van der Waals surface area contributed by atoms with Crippen LogP contribution in [0.25, 0.3) is 0 Å². The van der Waals surface area contributed by atoms with Crippen molar-refractivity contribution >= 4 is 21.8 Å². The van der Waals surface area contributed by atoms with Gasteiger partial charge in [-0.05, 0) is 30.7 Å². The first-order chi connectivity index (χ1) is 17.4. The van der Waals surface area contributed by atoms with Gasteiger partial charge in [0.05, 0.1) is 26.9 Å². The lowest BCUT2D eigenvalue weighted by Gasteiger charge is -2.28. The maximum atomic E-state index is 13.2. The smallest absolute Gasteiger partial charge is 0.280 e. The van der Waals surface area contributed by atoms with E-state index in [-0.39, 0.29) is 47.4 Å². The molecule has 1 aliphatic heterocycles. The van der Waals surface area contributed by atoms with Gasteiger partial charge in [-0.25, -0.2) is 4.98 Å². The van der Waals surface area contributed by atoms with Gasteiger partial charge in [0.25, 0.3) is 15.9 Å². The molecule has 0 unspecified atom stereocenters. The molecule has 1 saturated heterocycles. The number of hydrogen-bond acceptors (Lipinski definition) is 11. The summed E-state index contributed by atoms with van der Waals surface area (Å²) in [6.45, 7) is 3.33. The molecular weight excluding hydrogens is 490 g/mol. The predicted octanol–water partition coefficient (Wildman–Crippen LogP) is 1.99. The van der Waals surface area contributed by atoms with Gasteiger partial charge in [-0.3, -0.25) is 4.72 Å². The SMILES string of the molecule is COc1ccccc1Oc1c(NS(=O)(=O)c2ccc(C)cn2)nc(N2CCOCC2)nc1OCCO. The molecule has 1 aromatic carbocycles. The summed E-state index contributed by atoms with van der Waals surface area (Å²) in [7, 11) is -2.67. The van der Waals surface area contributed by atoms with Crippen LogP contribution in [-0.2, 0) is 14.8 Å². The molecule has 0 spiro atoms. The third-order valence-electron chi connectivity index (χ3n) is 5.12. The van der Waals surface area contributed by atoms with Crippen molar-refractivity contribution < 1.29 is 32.5 Å². The summed E-state index contributed by atoms with van der Waals surface area (Å²) in [4.78, 5) is 14.8. The molecule has 0 saturated carbocycles.